The predicted molar refractivity (Wildman–Crippen MR) is 112 cm³/mol. The lowest BCUT2D eigenvalue weighted by Crippen LogP contribution is -2.28. The van der Waals surface area contributed by atoms with Crippen molar-refractivity contribution in [1.82, 2.24) is 14.9 Å². The number of sulfonamides is 1. The molecule has 0 fully saturated rings. The summed E-state index contributed by atoms with van der Waals surface area (Å²) >= 11 is 0. The fraction of sp³-hybridized carbons (Fsp3) is 0.238. The zero-order valence-corrected chi connectivity index (χ0v) is 18.2. The van der Waals surface area contributed by atoms with E-state index in [4.69, 9.17) is 9.47 Å². The molecule has 0 atom stereocenters. The third-order valence-electron chi connectivity index (χ3n) is 4.11. The molecule has 0 radical (unpaired) electrons. The Morgan fingerprint density at radius 3 is 2.12 bits per heavy atom. The number of aromatic nitrogens is 2. The lowest BCUT2D eigenvalue weighted by atomic mass is 10.1. The summed E-state index contributed by atoms with van der Waals surface area (Å²) in [5.74, 6) is 0.441. The molecule has 1 heterocycles. The van der Waals surface area contributed by atoms with Crippen LogP contribution >= 0.6 is 0 Å². The number of halogens is 3. The normalized spacial score (nSPS) is 11.8. The molecule has 0 aliphatic rings. The molecule has 0 saturated carbocycles. The third-order valence-corrected chi connectivity index (χ3v) is 5.59. The second-order valence-electron chi connectivity index (χ2n) is 6.48. The maximum Gasteiger partial charge on any atom is 0.573 e. The van der Waals surface area contributed by atoms with Gasteiger partial charge in [-0.3, -0.25) is 0 Å². The molecule has 0 aliphatic carbocycles. The molecule has 2 aromatic carbocycles. The molecule has 176 valence electrons. The van der Waals surface area contributed by atoms with E-state index in [2.05, 4.69) is 19.7 Å². The molecule has 1 N–H and O–H groups in total. The van der Waals surface area contributed by atoms with Crippen LogP contribution in [0.25, 0.3) is 11.3 Å². The Bertz CT molecular complexity index is 1140. The Kier molecular flexibility index (Phi) is 7.71. The molecular formula is C21H20F3N3O5S. The monoisotopic (exact) mass is 483 g/mol. The number of ether oxygens (including phenoxy) is 3. The zero-order chi connectivity index (χ0) is 23.9. The largest absolute Gasteiger partial charge is 0.573 e. The maximum absolute atomic E-state index is 12.2. The molecule has 0 saturated heterocycles. The van der Waals surface area contributed by atoms with Crippen LogP contribution in [0.4, 0.5) is 13.2 Å². The highest BCUT2D eigenvalue weighted by atomic mass is 32.2. The van der Waals surface area contributed by atoms with Gasteiger partial charge in [-0.1, -0.05) is 0 Å². The van der Waals surface area contributed by atoms with E-state index in [0.717, 1.165) is 35.6 Å². The van der Waals surface area contributed by atoms with Gasteiger partial charge in [-0.15, -0.1) is 23.4 Å². The Balaban J connectivity index is 1.49. The molecular weight excluding hydrogens is 463 g/mol. The highest BCUT2D eigenvalue weighted by Gasteiger charge is 2.31. The van der Waals surface area contributed by atoms with Crippen molar-refractivity contribution in [1.29, 1.82) is 0 Å². The second-order valence-corrected chi connectivity index (χ2v) is 8.25. The molecule has 0 spiro atoms. The van der Waals surface area contributed by atoms with Gasteiger partial charge in [-0.25, -0.2) is 13.1 Å². The van der Waals surface area contributed by atoms with E-state index in [1.807, 2.05) is 31.2 Å². The minimum Gasteiger partial charge on any atom is -0.494 e. The Hall–Kier alpha value is -3.38. The second kappa shape index (κ2) is 10.5. The van der Waals surface area contributed by atoms with Gasteiger partial charge in [0.25, 0.3) is 0 Å². The topological polar surface area (TPSA) is 99.6 Å². The van der Waals surface area contributed by atoms with Crippen LogP contribution in [0.5, 0.6) is 17.4 Å². The first-order valence-corrected chi connectivity index (χ1v) is 11.2. The summed E-state index contributed by atoms with van der Waals surface area (Å²) in [5.41, 5.74) is 1.47. The van der Waals surface area contributed by atoms with Crippen LogP contribution in [0.3, 0.4) is 0 Å². The van der Waals surface area contributed by atoms with Gasteiger partial charge in [0.2, 0.25) is 15.9 Å². The molecule has 0 bridgehead atoms. The highest BCUT2D eigenvalue weighted by molar-refractivity contribution is 7.89. The molecule has 33 heavy (non-hydrogen) atoms. The molecule has 0 aliphatic heterocycles. The van der Waals surface area contributed by atoms with E-state index in [0.29, 0.717) is 12.3 Å². The summed E-state index contributed by atoms with van der Waals surface area (Å²) in [6.07, 6.45) is -4.86. The predicted octanol–water partition coefficient (Wildman–Crippen LogP) is 3.80. The van der Waals surface area contributed by atoms with Crippen molar-refractivity contribution in [2.75, 3.05) is 19.8 Å². The van der Waals surface area contributed by atoms with E-state index in [1.165, 1.54) is 0 Å². The van der Waals surface area contributed by atoms with E-state index in [9.17, 15) is 21.6 Å². The first-order chi connectivity index (χ1) is 15.7. The van der Waals surface area contributed by atoms with Crippen LogP contribution in [0.1, 0.15) is 6.92 Å². The minimum atomic E-state index is -4.86. The van der Waals surface area contributed by atoms with Crippen molar-refractivity contribution in [3.63, 3.8) is 0 Å². The van der Waals surface area contributed by atoms with Crippen molar-refractivity contribution in [2.24, 2.45) is 0 Å². The van der Waals surface area contributed by atoms with Crippen LogP contribution in [0.2, 0.25) is 0 Å². The minimum absolute atomic E-state index is 0.0361. The first kappa shape index (κ1) is 24.3. The summed E-state index contributed by atoms with van der Waals surface area (Å²) in [6, 6.07) is 14.5. The van der Waals surface area contributed by atoms with Gasteiger partial charge in [-0.05, 0) is 61.5 Å². The standard InChI is InChI=1S/C21H20F3N3O5S/c1-2-30-16-5-3-15(4-6-16)19-11-12-20(27-26-19)31-14-13-25-33(28,29)18-9-7-17(8-10-18)32-21(22,23)24/h3-12,25H,2,13-14H2,1H3. The molecule has 0 unspecified atom stereocenters. The summed E-state index contributed by atoms with van der Waals surface area (Å²) in [7, 11) is -3.94. The number of nitrogens with zero attached hydrogens (tertiary/aromatic N) is 2. The summed E-state index contributed by atoms with van der Waals surface area (Å²) < 4.78 is 77.8. The third kappa shape index (κ3) is 7.32. The lowest BCUT2D eigenvalue weighted by Gasteiger charge is -2.10. The number of rotatable bonds is 10. The summed E-state index contributed by atoms with van der Waals surface area (Å²) in [6.45, 7) is 2.35. The highest BCUT2D eigenvalue weighted by Crippen LogP contribution is 2.24. The van der Waals surface area contributed by atoms with Gasteiger partial charge < -0.3 is 14.2 Å². The SMILES string of the molecule is CCOc1ccc(-c2ccc(OCCNS(=O)(=O)c3ccc(OC(F)(F)F)cc3)nn2)cc1. The van der Waals surface area contributed by atoms with Crippen molar-refractivity contribution >= 4 is 10.0 Å². The van der Waals surface area contributed by atoms with E-state index in [1.54, 1.807) is 12.1 Å². The van der Waals surface area contributed by atoms with Crippen LogP contribution in [-0.2, 0) is 10.0 Å². The van der Waals surface area contributed by atoms with Crippen molar-refractivity contribution in [3.05, 3.63) is 60.7 Å². The van der Waals surface area contributed by atoms with E-state index in [-0.39, 0.29) is 23.9 Å². The van der Waals surface area contributed by atoms with E-state index >= 15 is 0 Å². The Morgan fingerprint density at radius 2 is 1.55 bits per heavy atom. The molecule has 3 aromatic rings. The van der Waals surface area contributed by atoms with Crippen LogP contribution in [-0.4, -0.2) is 44.7 Å². The van der Waals surface area contributed by atoms with Gasteiger partial charge in [0.05, 0.1) is 17.2 Å². The van der Waals surface area contributed by atoms with Gasteiger partial charge in [-0.2, -0.15) is 0 Å². The van der Waals surface area contributed by atoms with Gasteiger partial charge in [0, 0.05) is 18.2 Å². The molecule has 12 heteroatoms. The van der Waals surface area contributed by atoms with Crippen LogP contribution in [0, 0.1) is 0 Å². The van der Waals surface area contributed by atoms with Crippen molar-refractivity contribution in [3.8, 4) is 28.6 Å². The molecule has 0 amide bonds. The number of hydrogen-bond acceptors (Lipinski definition) is 7. The lowest BCUT2D eigenvalue weighted by molar-refractivity contribution is -0.274. The summed E-state index contributed by atoms with van der Waals surface area (Å²) in [5, 5.41) is 8.05. The summed E-state index contributed by atoms with van der Waals surface area (Å²) in [4.78, 5) is -0.212. The maximum atomic E-state index is 12.2. The smallest absolute Gasteiger partial charge is 0.494 e. The number of benzene rings is 2. The number of hydrogen-bond donors (Lipinski definition) is 1. The van der Waals surface area contributed by atoms with Gasteiger partial charge in [0.1, 0.15) is 18.1 Å². The van der Waals surface area contributed by atoms with Crippen molar-refractivity contribution in [2.45, 2.75) is 18.2 Å². The number of alkyl halides is 3. The fourth-order valence-electron chi connectivity index (χ4n) is 2.67. The first-order valence-electron chi connectivity index (χ1n) is 9.71. The number of nitrogens with one attached hydrogen (secondary N) is 1. The Morgan fingerprint density at radius 1 is 0.879 bits per heavy atom. The van der Waals surface area contributed by atoms with Crippen LogP contribution in [0.15, 0.2) is 65.6 Å². The molecule has 8 nitrogen and oxygen atoms in total. The average Bonchev–Trinajstić information content (AvgIpc) is 2.77. The zero-order valence-electron chi connectivity index (χ0n) is 17.4. The molecule has 1 aromatic heterocycles. The average molecular weight is 483 g/mol. The van der Waals surface area contributed by atoms with Gasteiger partial charge in [0.15, 0.2) is 0 Å². The van der Waals surface area contributed by atoms with Gasteiger partial charge >= 0.3 is 6.36 Å². The van der Waals surface area contributed by atoms with Crippen LogP contribution < -0.4 is 18.9 Å². The quantitative estimate of drug-likeness (QED) is 0.438. The molecule has 3 rings (SSSR count). The fourth-order valence-corrected chi connectivity index (χ4v) is 3.69. The van der Waals surface area contributed by atoms with Crippen molar-refractivity contribution < 1.29 is 35.8 Å². The Labute approximate surface area is 188 Å². The van der Waals surface area contributed by atoms with E-state index < -0.39 is 22.1 Å².